The number of aliphatic hydroxyl groups is 3. The number of ether oxygens (including phenoxy) is 4. The molecular formula is C27H38N2O7. The first-order valence-electron chi connectivity index (χ1n) is 11.7. The van der Waals surface area contributed by atoms with Crippen molar-refractivity contribution < 1.29 is 34.3 Å². The van der Waals surface area contributed by atoms with Crippen LogP contribution in [0.5, 0.6) is 23.0 Å². The van der Waals surface area contributed by atoms with Crippen LogP contribution in [0.2, 0.25) is 0 Å². The smallest absolute Gasteiger partial charge is 0.214 e. The molecule has 0 fully saturated rings. The van der Waals surface area contributed by atoms with Gasteiger partial charge in [-0.15, -0.1) is 0 Å². The zero-order valence-corrected chi connectivity index (χ0v) is 22.1. The lowest BCUT2D eigenvalue weighted by Gasteiger charge is -2.45. The molecule has 0 radical (unpaired) electrons. The second-order valence-electron chi connectivity index (χ2n) is 9.09. The van der Waals surface area contributed by atoms with Gasteiger partial charge < -0.3 is 39.2 Å². The van der Waals surface area contributed by atoms with Gasteiger partial charge in [-0.2, -0.15) is 5.26 Å². The minimum absolute atomic E-state index is 0.0796. The normalized spacial score (nSPS) is 14.2. The number of likely N-dealkylation sites (N-methyl/N-ethyl adjacent to an activating group) is 1. The molecule has 36 heavy (non-hydrogen) atoms. The fourth-order valence-corrected chi connectivity index (χ4v) is 4.46. The van der Waals surface area contributed by atoms with E-state index in [1.165, 1.54) is 20.3 Å². The van der Waals surface area contributed by atoms with Crippen LogP contribution in [-0.4, -0.2) is 80.7 Å². The molecule has 0 aliphatic carbocycles. The van der Waals surface area contributed by atoms with Crippen LogP contribution in [0.25, 0.3) is 0 Å². The number of methoxy groups -OCH3 is 4. The van der Waals surface area contributed by atoms with Crippen LogP contribution in [-0.2, 0) is 11.8 Å². The topological polar surface area (TPSA) is 125 Å². The van der Waals surface area contributed by atoms with Gasteiger partial charge in [0.05, 0.1) is 34.5 Å². The van der Waals surface area contributed by atoms with Crippen molar-refractivity contribution in [3.05, 3.63) is 47.5 Å². The molecule has 0 saturated carbocycles. The maximum Gasteiger partial charge on any atom is 0.214 e. The molecule has 0 aliphatic heterocycles. The second kappa shape index (κ2) is 12.3. The molecule has 2 aromatic rings. The molecule has 2 rings (SSSR count). The first kappa shape index (κ1) is 29.2. The van der Waals surface area contributed by atoms with Gasteiger partial charge in [0.25, 0.3) is 0 Å². The number of nitrogens with zero attached hydrogens (tertiary/aromatic N) is 2. The summed E-state index contributed by atoms with van der Waals surface area (Å²) in [5, 5.41) is 43.9. The molecule has 0 aliphatic rings. The van der Waals surface area contributed by atoms with Crippen molar-refractivity contribution >= 4 is 0 Å². The van der Waals surface area contributed by atoms with E-state index in [2.05, 4.69) is 6.07 Å². The molecule has 3 N–H and O–H groups in total. The van der Waals surface area contributed by atoms with Crippen molar-refractivity contribution in [2.45, 2.75) is 37.6 Å². The summed E-state index contributed by atoms with van der Waals surface area (Å²) in [6, 6.07) is 12.4. The van der Waals surface area contributed by atoms with Crippen LogP contribution in [0.4, 0.5) is 0 Å². The molecule has 198 valence electrons. The highest BCUT2D eigenvalue weighted by Gasteiger charge is 2.58. The molecule has 0 aromatic heterocycles. The van der Waals surface area contributed by atoms with Crippen molar-refractivity contribution in [3.8, 4) is 29.1 Å². The van der Waals surface area contributed by atoms with E-state index < -0.39 is 23.2 Å². The molecule has 2 aromatic carbocycles. The maximum absolute atomic E-state index is 11.3. The Bertz CT molecular complexity index is 1050. The fourth-order valence-electron chi connectivity index (χ4n) is 4.46. The quantitative estimate of drug-likeness (QED) is 0.354. The Morgan fingerprint density at radius 1 is 0.889 bits per heavy atom. The Morgan fingerprint density at radius 2 is 1.42 bits per heavy atom. The Kier molecular flexibility index (Phi) is 9.96. The Morgan fingerprint density at radius 3 is 1.92 bits per heavy atom. The van der Waals surface area contributed by atoms with Crippen LogP contribution >= 0.6 is 0 Å². The van der Waals surface area contributed by atoms with Gasteiger partial charge in [-0.1, -0.05) is 26.0 Å². The molecule has 9 nitrogen and oxygen atoms in total. The molecule has 0 saturated heterocycles. The van der Waals surface area contributed by atoms with Crippen LogP contribution in [0.1, 0.15) is 25.0 Å². The SMILES string of the molecule is COc1ccc(CCN(C)CC(O)C(O)(O)C(C#N)(c2ccc(OC)c(OC)c2)C(C)C)cc1OC. The average molecular weight is 503 g/mol. The van der Waals surface area contributed by atoms with Gasteiger partial charge in [-0.25, -0.2) is 0 Å². The lowest BCUT2D eigenvalue weighted by Crippen LogP contribution is -2.63. The minimum atomic E-state index is -2.77. The lowest BCUT2D eigenvalue weighted by atomic mass is 9.65. The highest BCUT2D eigenvalue weighted by atomic mass is 16.5. The Labute approximate surface area is 213 Å². The summed E-state index contributed by atoms with van der Waals surface area (Å²) in [6.07, 6.45) is -1.03. The minimum Gasteiger partial charge on any atom is -0.493 e. The van der Waals surface area contributed by atoms with Gasteiger partial charge in [-0.3, -0.25) is 0 Å². The summed E-state index contributed by atoms with van der Waals surface area (Å²) in [7, 11) is 7.85. The number of benzene rings is 2. The molecule has 2 unspecified atom stereocenters. The first-order valence-corrected chi connectivity index (χ1v) is 11.7. The van der Waals surface area contributed by atoms with E-state index in [-0.39, 0.29) is 6.54 Å². The van der Waals surface area contributed by atoms with E-state index in [0.717, 1.165) is 5.56 Å². The largest absolute Gasteiger partial charge is 0.493 e. The molecular weight excluding hydrogens is 464 g/mol. The third-order valence-electron chi connectivity index (χ3n) is 6.64. The Hall–Kier alpha value is -3.03. The standard InChI is InChI=1S/C27H38N2O7/c1-18(2)26(17-28,20-9-11-22(34-5)24(15-20)36-7)27(31,32)25(30)16-29(3)13-12-19-8-10-21(33-4)23(14-19)35-6/h8-11,14-15,18,25,30-32H,12-13,16H2,1-7H3. The summed E-state index contributed by atoms with van der Waals surface area (Å²) in [6.45, 7) is 3.84. The molecule has 0 bridgehead atoms. The van der Waals surface area contributed by atoms with E-state index in [0.29, 0.717) is 41.5 Å². The molecule has 0 amide bonds. The molecule has 0 spiro atoms. The molecule has 0 heterocycles. The summed E-state index contributed by atoms with van der Waals surface area (Å²) in [4.78, 5) is 1.78. The summed E-state index contributed by atoms with van der Waals surface area (Å²) in [5.41, 5.74) is -0.558. The van der Waals surface area contributed by atoms with Gasteiger partial charge in [0, 0.05) is 13.1 Å². The van der Waals surface area contributed by atoms with Crippen LogP contribution < -0.4 is 18.9 Å². The van der Waals surface area contributed by atoms with Gasteiger partial charge in [-0.05, 0) is 54.8 Å². The van der Waals surface area contributed by atoms with Crippen molar-refractivity contribution in [2.24, 2.45) is 5.92 Å². The van der Waals surface area contributed by atoms with Gasteiger partial charge in [0.1, 0.15) is 11.5 Å². The van der Waals surface area contributed by atoms with Crippen LogP contribution in [0, 0.1) is 17.2 Å². The highest BCUT2D eigenvalue weighted by Crippen LogP contribution is 2.45. The zero-order valence-electron chi connectivity index (χ0n) is 22.1. The summed E-state index contributed by atoms with van der Waals surface area (Å²) >= 11 is 0. The van der Waals surface area contributed by atoms with E-state index >= 15 is 0 Å². The van der Waals surface area contributed by atoms with Gasteiger partial charge >= 0.3 is 0 Å². The van der Waals surface area contributed by atoms with Crippen molar-refractivity contribution in [3.63, 3.8) is 0 Å². The predicted octanol–water partition coefficient (Wildman–Crippen LogP) is 2.35. The highest BCUT2D eigenvalue weighted by molar-refractivity contribution is 5.49. The lowest BCUT2D eigenvalue weighted by molar-refractivity contribution is -0.266. The molecule has 2 atom stereocenters. The van der Waals surface area contributed by atoms with E-state index in [4.69, 9.17) is 18.9 Å². The van der Waals surface area contributed by atoms with E-state index in [1.807, 2.05) is 18.2 Å². The van der Waals surface area contributed by atoms with Crippen LogP contribution in [0.3, 0.4) is 0 Å². The summed E-state index contributed by atoms with van der Waals surface area (Å²) < 4.78 is 21.2. The third-order valence-corrected chi connectivity index (χ3v) is 6.64. The number of hydrogen-bond donors (Lipinski definition) is 3. The van der Waals surface area contributed by atoms with Crippen molar-refractivity contribution in [1.29, 1.82) is 5.26 Å². The number of aliphatic hydroxyl groups excluding tert-OH is 1. The number of hydrogen-bond acceptors (Lipinski definition) is 9. The molecule has 9 heteroatoms. The van der Waals surface area contributed by atoms with Gasteiger partial charge in [0.2, 0.25) is 5.79 Å². The number of nitriles is 1. The van der Waals surface area contributed by atoms with Gasteiger partial charge in [0.15, 0.2) is 23.0 Å². The predicted molar refractivity (Wildman–Crippen MR) is 136 cm³/mol. The fraction of sp³-hybridized carbons (Fsp3) is 0.519. The Balaban J connectivity index is 2.27. The van der Waals surface area contributed by atoms with E-state index in [9.17, 15) is 20.6 Å². The number of rotatable bonds is 13. The zero-order chi connectivity index (χ0) is 27.1. The maximum atomic E-state index is 11.3. The third kappa shape index (κ3) is 5.68. The average Bonchev–Trinajstić information content (AvgIpc) is 2.87. The van der Waals surface area contributed by atoms with E-state index in [1.54, 1.807) is 52.1 Å². The van der Waals surface area contributed by atoms with Crippen molar-refractivity contribution in [2.75, 3.05) is 48.6 Å². The second-order valence-corrected chi connectivity index (χ2v) is 9.09. The summed E-state index contributed by atoms with van der Waals surface area (Å²) in [5.74, 6) is -1.31. The monoisotopic (exact) mass is 502 g/mol. The first-order chi connectivity index (χ1) is 17.0. The van der Waals surface area contributed by atoms with Crippen LogP contribution in [0.15, 0.2) is 36.4 Å². The van der Waals surface area contributed by atoms with Crippen molar-refractivity contribution in [1.82, 2.24) is 4.90 Å².